The number of aliphatic imine (C=N–C) groups is 1. The Balaban J connectivity index is 0.00000441. The molecule has 0 amide bonds. The Morgan fingerprint density at radius 3 is 2.27 bits per heavy atom. The van der Waals surface area contributed by atoms with Gasteiger partial charge in [0.1, 0.15) is 12.4 Å². The van der Waals surface area contributed by atoms with Crippen LogP contribution in [0.25, 0.3) is 0 Å². The summed E-state index contributed by atoms with van der Waals surface area (Å²) in [6.07, 6.45) is 0. The van der Waals surface area contributed by atoms with Gasteiger partial charge in [-0.05, 0) is 17.7 Å². The van der Waals surface area contributed by atoms with Gasteiger partial charge in [-0.3, -0.25) is 4.99 Å². The highest BCUT2D eigenvalue weighted by Crippen LogP contribution is 2.11. The summed E-state index contributed by atoms with van der Waals surface area (Å²) < 4.78 is 15.4. The fourth-order valence-corrected chi connectivity index (χ4v) is 1.62. The second-order valence-electron chi connectivity index (χ2n) is 4.33. The highest BCUT2D eigenvalue weighted by atomic mass is 127. The molecule has 0 aliphatic heterocycles. The van der Waals surface area contributed by atoms with Gasteiger partial charge in [-0.25, -0.2) is 0 Å². The number of hydrogen-bond acceptors (Lipinski definition) is 4. The van der Waals surface area contributed by atoms with Gasteiger partial charge >= 0.3 is 0 Å². The van der Waals surface area contributed by atoms with E-state index in [0.717, 1.165) is 23.8 Å². The Labute approximate surface area is 149 Å². The van der Waals surface area contributed by atoms with Crippen LogP contribution < -0.4 is 15.4 Å². The lowest BCUT2D eigenvalue weighted by atomic mass is 10.2. The number of halogens is 1. The molecule has 0 bridgehead atoms. The molecule has 7 heteroatoms. The average Bonchev–Trinajstić information content (AvgIpc) is 2.52. The maximum atomic E-state index is 5.52. The quantitative estimate of drug-likeness (QED) is 0.274. The highest BCUT2D eigenvalue weighted by Gasteiger charge is 1.99. The molecule has 0 heterocycles. The summed E-state index contributed by atoms with van der Waals surface area (Å²) in [6.45, 7) is 3.22. The summed E-state index contributed by atoms with van der Waals surface area (Å²) in [7, 11) is 5.08. The van der Waals surface area contributed by atoms with Crippen molar-refractivity contribution in [3.05, 3.63) is 29.8 Å². The van der Waals surface area contributed by atoms with Gasteiger partial charge in [-0.2, -0.15) is 0 Å². The normalized spacial score (nSPS) is 10.8. The molecular weight excluding hydrogens is 397 g/mol. The van der Waals surface area contributed by atoms with Crippen molar-refractivity contribution in [1.82, 2.24) is 10.6 Å². The minimum Gasteiger partial charge on any atom is -0.491 e. The van der Waals surface area contributed by atoms with E-state index in [2.05, 4.69) is 15.6 Å². The third-order valence-electron chi connectivity index (χ3n) is 2.76. The predicted octanol–water partition coefficient (Wildman–Crippen LogP) is 1.64. The van der Waals surface area contributed by atoms with Gasteiger partial charge in [0.2, 0.25) is 0 Å². The molecule has 0 fully saturated rings. The molecule has 22 heavy (non-hydrogen) atoms. The molecule has 0 saturated carbocycles. The summed E-state index contributed by atoms with van der Waals surface area (Å²) in [5.74, 6) is 1.60. The maximum Gasteiger partial charge on any atom is 0.191 e. The van der Waals surface area contributed by atoms with Gasteiger partial charge in [-0.1, -0.05) is 12.1 Å². The molecule has 0 unspecified atom stereocenters. The van der Waals surface area contributed by atoms with Crippen molar-refractivity contribution in [3.8, 4) is 5.75 Å². The summed E-state index contributed by atoms with van der Waals surface area (Å²) >= 11 is 0. The number of ether oxygens (including phenoxy) is 3. The zero-order valence-corrected chi connectivity index (χ0v) is 15.8. The van der Waals surface area contributed by atoms with Crippen LogP contribution in [0.2, 0.25) is 0 Å². The van der Waals surface area contributed by atoms with Crippen LogP contribution in [0.1, 0.15) is 5.56 Å². The standard InChI is InChI=1S/C15H25N3O3.HI/c1-16-15(17-8-9-19-2)18-12-13-4-6-14(7-5-13)21-11-10-20-3;/h4-7H,8-12H2,1-3H3,(H2,16,17,18);1H. The molecule has 1 aromatic rings. The van der Waals surface area contributed by atoms with Crippen molar-refractivity contribution in [2.45, 2.75) is 6.54 Å². The second-order valence-corrected chi connectivity index (χ2v) is 4.33. The second kappa shape index (κ2) is 13.6. The van der Waals surface area contributed by atoms with Gasteiger partial charge in [0.05, 0.1) is 13.2 Å². The smallest absolute Gasteiger partial charge is 0.191 e. The highest BCUT2D eigenvalue weighted by molar-refractivity contribution is 14.0. The minimum absolute atomic E-state index is 0. The first-order valence-electron chi connectivity index (χ1n) is 6.94. The van der Waals surface area contributed by atoms with E-state index in [4.69, 9.17) is 14.2 Å². The summed E-state index contributed by atoms with van der Waals surface area (Å²) in [5, 5.41) is 6.40. The number of benzene rings is 1. The van der Waals surface area contributed by atoms with E-state index in [1.807, 2.05) is 24.3 Å². The number of rotatable bonds is 9. The maximum absolute atomic E-state index is 5.52. The van der Waals surface area contributed by atoms with E-state index in [0.29, 0.717) is 26.4 Å². The Bertz CT molecular complexity index is 413. The van der Waals surface area contributed by atoms with E-state index >= 15 is 0 Å². The van der Waals surface area contributed by atoms with Gasteiger partial charge in [-0.15, -0.1) is 24.0 Å². The lowest BCUT2D eigenvalue weighted by Gasteiger charge is -2.12. The van der Waals surface area contributed by atoms with E-state index in [1.54, 1.807) is 21.3 Å². The first-order chi connectivity index (χ1) is 10.3. The van der Waals surface area contributed by atoms with Crippen LogP contribution in [-0.2, 0) is 16.0 Å². The molecule has 1 rings (SSSR count). The van der Waals surface area contributed by atoms with Crippen LogP contribution in [0.5, 0.6) is 5.75 Å². The van der Waals surface area contributed by atoms with E-state index in [9.17, 15) is 0 Å². The van der Waals surface area contributed by atoms with Crippen molar-refractivity contribution < 1.29 is 14.2 Å². The van der Waals surface area contributed by atoms with Crippen molar-refractivity contribution in [2.75, 3.05) is 47.6 Å². The van der Waals surface area contributed by atoms with Crippen molar-refractivity contribution in [3.63, 3.8) is 0 Å². The lowest BCUT2D eigenvalue weighted by Crippen LogP contribution is -2.38. The van der Waals surface area contributed by atoms with Gasteiger partial charge in [0.25, 0.3) is 0 Å². The third kappa shape index (κ3) is 9.06. The van der Waals surface area contributed by atoms with E-state index < -0.39 is 0 Å². The Kier molecular flexibility index (Phi) is 12.9. The molecule has 0 aliphatic rings. The lowest BCUT2D eigenvalue weighted by molar-refractivity contribution is 0.146. The molecule has 6 nitrogen and oxygen atoms in total. The van der Waals surface area contributed by atoms with E-state index in [-0.39, 0.29) is 24.0 Å². The fraction of sp³-hybridized carbons (Fsp3) is 0.533. The fourth-order valence-electron chi connectivity index (χ4n) is 1.62. The summed E-state index contributed by atoms with van der Waals surface area (Å²) in [6, 6.07) is 7.96. The molecule has 126 valence electrons. The van der Waals surface area contributed by atoms with Crippen molar-refractivity contribution in [1.29, 1.82) is 0 Å². The first kappa shape index (κ1) is 20.9. The Morgan fingerprint density at radius 1 is 1.00 bits per heavy atom. The van der Waals surface area contributed by atoms with Crippen molar-refractivity contribution in [2.24, 2.45) is 4.99 Å². The molecule has 2 N–H and O–H groups in total. The zero-order valence-electron chi connectivity index (χ0n) is 13.4. The number of guanidine groups is 1. The largest absolute Gasteiger partial charge is 0.491 e. The van der Waals surface area contributed by atoms with Crippen LogP contribution in [0.4, 0.5) is 0 Å². The molecule has 0 saturated heterocycles. The Morgan fingerprint density at radius 2 is 1.68 bits per heavy atom. The molecule has 0 aliphatic carbocycles. The number of nitrogens with one attached hydrogen (secondary N) is 2. The third-order valence-corrected chi connectivity index (χ3v) is 2.76. The topological polar surface area (TPSA) is 64.1 Å². The zero-order chi connectivity index (χ0) is 15.3. The van der Waals surface area contributed by atoms with Crippen molar-refractivity contribution >= 4 is 29.9 Å². The number of nitrogens with zero attached hydrogens (tertiary/aromatic N) is 1. The molecule has 1 aromatic carbocycles. The SMILES string of the molecule is CN=C(NCCOC)NCc1ccc(OCCOC)cc1.I. The predicted molar refractivity (Wildman–Crippen MR) is 99.3 cm³/mol. The van der Waals surface area contributed by atoms with Crippen LogP contribution in [0.15, 0.2) is 29.3 Å². The van der Waals surface area contributed by atoms with Crippen LogP contribution in [0, 0.1) is 0 Å². The first-order valence-corrected chi connectivity index (χ1v) is 6.94. The van der Waals surface area contributed by atoms with Gasteiger partial charge in [0, 0.05) is 34.4 Å². The molecule has 0 spiro atoms. The molecule has 0 radical (unpaired) electrons. The molecular formula is C15H26IN3O3. The van der Waals surface area contributed by atoms with Crippen LogP contribution >= 0.6 is 24.0 Å². The van der Waals surface area contributed by atoms with E-state index in [1.165, 1.54) is 0 Å². The summed E-state index contributed by atoms with van der Waals surface area (Å²) in [4.78, 5) is 4.14. The average molecular weight is 423 g/mol. The summed E-state index contributed by atoms with van der Waals surface area (Å²) in [5.41, 5.74) is 1.16. The number of methoxy groups -OCH3 is 2. The monoisotopic (exact) mass is 423 g/mol. The van der Waals surface area contributed by atoms with Gasteiger partial charge < -0.3 is 24.8 Å². The molecule has 0 aromatic heterocycles. The van der Waals surface area contributed by atoms with Gasteiger partial charge in [0.15, 0.2) is 5.96 Å². The van der Waals surface area contributed by atoms with Crippen LogP contribution in [-0.4, -0.2) is 53.6 Å². The van der Waals surface area contributed by atoms with Crippen LogP contribution in [0.3, 0.4) is 0 Å². The minimum atomic E-state index is 0. The Hall–Kier alpha value is -1.06. The number of hydrogen-bond donors (Lipinski definition) is 2. The molecule has 0 atom stereocenters.